The number of nitrogens with zero attached hydrogens (tertiary/aromatic N) is 3. The predicted molar refractivity (Wildman–Crippen MR) is 67.2 cm³/mol. The number of hydrogen-bond acceptors (Lipinski definition) is 3. The molecule has 1 aliphatic rings. The van der Waals surface area contributed by atoms with Crippen molar-refractivity contribution in [3.8, 4) is 6.07 Å². The Labute approximate surface area is 99.3 Å². The summed E-state index contributed by atoms with van der Waals surface area (Å²) in [7, 11) is 0. The Hall–Kier alpha value is -0.850. The van der Waals surface area contributed by atoms with Gasteiger partial charge >= 0.3 is 0 Å². The molecule has 16 heavy (non-hydrogen) atoms. The zero-order valence-corrected chi connectivity index (χ0v) is 10.2. The summed E-state index contributed by atoms with van der Waals surface area (Å²) >= 11 is 0. The first kappa shape index (κ1) is 13.2. The van der Waals surface area contributed by atoms with Crippen molar-refractivity contribution in [1.29, 1.82) is 5.26 Å². The largest absolute Gasteiger partial charge is 0.301 e. The van der Waals surface area contributed by atoms with Gasteiger partial charge in [0.25, 0.3) is 0 Å². The molecule has 0 atom stereocenters. The molecule has 90 valence electrons. The molecule has 0 N–H and O–H groups in total. The zero-order valence-electron chi connectivity index (χ0n) is 10.2. The topological polar surface area (TPSA) is 30.3 Å². The molecule has 3 heteroatoms. The molecule has 0 unspecified atom stereocenters. The number of unbranched alkanes of at least 4 members (excludes halogenated alkanes) is 3. The van der Waals surface area contributed by atoms with Gasteiger partial charge in [0.15, 0.2) is 0 Å². The van der Waals surface area contributed by atoms with Gasteiger partial charge in [0.1, 0.15) is 0 Å². The van der Waals surface area contributed by atoms with Crippen LogP contribution < -0.4 is 0 Å². The molecule has 3 nitrogen and oxygen atoms in total. The summed E-state index contributed by atoms with van der Waals surface area (Å²) in [5.74, 6) is 0. The third-order valence-electron chi connectivity index (χ3n) is 3.14. The van der Waals surface area contributed by atoms with Gasteiger partial charge in [-0.15, -0.1) is 6.58 Å². The van der Waals surface area contributed by atoms with Crippen molar-refractivity contribution in [2.45, 2.75) is 25.7 Å². The van der Waals surface area contributed by atoms with Crippen LogP contribution in [0.5, 0.6) is 0 Å². The molecule has 1 aliphatic heterocycles. The van der Waals surface area contributed by atoms with Crippen molar-refractivity contribution in [3.63, 3.8) is 0 Å². The minimum Gasteiger partial charge on any atom is -0.301 e. The van der Waals surface area contributed by atoms with Crippen LogP contribution in [0.3, 0.4) is 0 Å². The van der Waals surface area contributed by atoms with Crippen LogP contribution in [-0.2, 0) is 0 Å². The standard InChI is InChI=1S/C13H23N3/c1-2-3-4-5-6-8-15-10-12-16(9-7-14)13-11-15/h2H,1,3-6,8-13H2. The number of hydrogen-bond donors (Lipinski definition) is 0. The number of piperazine rings is 1. The van der Waals surface area contributed by atoms with Gasteiger partial charge in [-0.3, -0.25) is 4.90 Å². The van der Waals surface area contributed by atoms with E-state index in [1.165, 1.54) is 25.8 Å². The zero-order chi connectivity index (χ0) is 11.6. The first-order chi connectivity index (χ1) is 7.86. The second-order valence-electron chi connectivity index (χ2n) is 4.41. The van der Waals surface area contributed by atoms with Crippen molar-refractivity contribution < 1.29 is 0 Å². The van der Waals surface area contributed by atoms with E-state index in [4.69, 9.17) is 5.26 Å². The Morgan fingerprint density at radius 1 is 1.06 bits per heavy atom. The second kappa shape index (κ2) is 8.32. The highest BCUT2D eigenvalue weighted by Crippen LogP contribution is 2.05. The normalized spacial score (nSPS) is 18.2. The summed E-state index contributed by atoms with van der Waals surface area (Å²) in [6.07, 6.45) is 7.03. The van der Waals surface area contributed by atoms with Gasteiger partial charge in [-0.25, -0.2) is 0 Å². The van der Waals surface area contributed by atoms with Crippen molar-refractivity contribution in [1.82, 2.24) is 9.80 Å². The summed E-state index contributed by atoms with van der Waals surface area (Å²) in [6, 6.07) is 2.22. The third-order valence-corrected chi connectivity index (χ3v) is 3.14. The fraction of sp³-hybridized carbons (Fsp3) is 0.769. The third kappa shape index (κ3) is 5.29. The molecular formula is C13H23N3. The number of rotatable bonds is 7. The van der Waals surface area contributed by atoms with Crippen LogP contribution in [0.4, 0.5) is 0 Å². The molecule has 0 aromatic heterocycles. The van der Waals surface area contributed by atoms with Crippen molar-refractivity contribution in [2.75, 3.05) is 39.3 Å². The van der Waals surface area contributed by atoms with Crippen molar-refractivity contribution in [3.05, 3.63) is 12.7 Å². The number of nitriles is 1. The molecule has 1 rings (SSSR count). The van der Waals surface area contributed by atoms with E-state index in [9.17, 15) is 0 Å². The highest BCUT2D eigenvalue weighted by molar-refractivity contribution is 4.80. The highest BCUT2D eigenvalue weighted by atomic mass is 15.3. The lowest BCUT2D eigenvalue weighted by Gasteiger charge is -2.33. The SMILES string of the molecule is C=CCCCCCN1CCN(CC#N)CC1. The van der Waals surface area contributed by atoms with Gasteiger partial charge in [-0.05, 0) is 25.8 Å². The maximum Gasteiger partial charge on any atom is 0.0866 e. The van der Waals surface area contributed by atoms with E-state index in [0.717, 1.165) is 32.6 Å². The van der Waals surface area contributed by atoms with E-state index in [-0.39, 0.29) is 0 Å². The molecule has 0 amide bonds. The van der Waals surface area contributed by atoms with Gasteiger partial charge in [0.05, 0.1) is 12.6 Å². The molecule has 0 saturated carbocycles. The fourth-order valence-corrected chi connectivity index (χ4v) is 2.07. The quantitative estimate of drug-likeness (QED) is 0.373. The first-order valence-electron chi connectivity index (χ1n) is 6.29. The van der Waals surface area contributed by atoms with Gasteiger partial charge in [-0.1, -0.05) is 12.5 Å². The maximum atomic E-state index is 8.59. The Bertz CT molecular complexity index is 224. The molecule has 0 aromatic carbocycles. The van der Waals surface area contributed by atoms with Crippen LogP contribution >= 0.6 is 0 Å². The minimum atomic E-state index is 0.590. The van der Waals surface area contributed by atoms with E-state index in [0.29, 0.717) is 6.54 Å². The summed E-state index contributed by atoms with van der Waals surface area (Å²) < 4.78 is 0. The van der Waals surface area contributed by atoms with Gasteiger partial charge in [0.2, 0.25) is 0 Å². The van der Waals surface area contributed by atoms with Gasteiger partial charge < -0.3 is 4.90 Å². The minimum absolute atomic E-state index is 0.590. The van der Waals surface area contributed by atoms with Crippen LogP contribution in [-0.4, -0.2) is 49.1 Å². The Morgan fingerprint density at radius 2 is 1.75 bits per heavy atom. The summed E-state index contributed by atoms with van der Waals surface area (Å²) in [6.45, 7) is 9.91. The lowest BCUT2D eigenvalue weighted by molar-refractivity contribution is 0.142. The van der Waals surface area contributed by atoms with Crippen molar-refractivity contribution >= 4 is 0 Å². The van der Waals surface area contributed by atoms with E-state index in [1.807, 2.05) is 6.08 Å². The smallest absolute Gasteiger partial charge is 0.0866 e. The molecule has 1 fully saturated rings. The van der Waals surface area contributed by atoms with Crippen LogP contribution in [0.25, 0.3) is 0 Å². The molecule has 0 aromatic rings. The molecule has 0 bridgehead atoms. The number of allylic oxidation sites excluding steroid dienone is 1. The van der Waals surface area contributed by atoms with Crippen molar-refractivity contribution in [2.24, 2.45) is 0 Å². The maximum absolute atomic E-state index is 8.59. The predicted octanol–water partition coefficient (Wildman–Crippen LogP) is 1.87. The average molecular weight is 221 g/mol. The van der Waals surface area contributed by atoms with Crippen LogP contribution in [0.15, 0.2) is 12.7 Å². The molecule has 1 heterocycles. The van der Waals surface area contributed by atoms with Crippen LogP contribution in [0.2, 0.25) is 0 Å². The Kier molecular flexibility index (Phi) is 6.87. The van der Waals surface area contributed by atoms with E-state index in [2.05, 4.69) is 22.4 Å². The Morgan fingerprint density at radius 3 is 2.38 bits per heavy atom. The lowest BCUT2D eigenvalue weighted by Crippen LogP contribution is -2.46. The molecule has 1 saturated heterocycles. The van der Waals surface area contributed by atoms with E-state index >= 15 is 0 Å². The average Bonchev–Trinajstić information content (AvgIpc) is 2.31. The second-order valence-corrected chi connectivity index (χ2v) is 4.41. The fourth-order valence-electron chi connectivity index (χ4n) is 2.07. The van der Waals surface area contributed by atoms with Crippen LogP contribution in [0, 0.1) is 11.3 Å². The summed E-state index contributed by atoms with van der Waals surface area (Å²) in [5.41, 5.74) is 0. The molecular weight excluding hydrogens is 198 g/mol. The highest BCUT2D eigenvalue weighted by Gasteiger charge is 2.15. The van der Waals surface area contributed by atoms with Gasteiger partial charge in [0, 0.05) is 26.2 Å². The first-order valence-corrected chi connectivity index (χ1v) is 6.29. The van der Waals surface area contributed by atoms with Gasteiger partial charge in [-0.2, -0.15) is 5.26 Å². The van der Waals surface area contributed by atoms with Crippen LogP contribution in [0.1, 0.15) is 25.7 Å². The molecule has 0 aliphatic carbocycles. The molecule has 0 spiro atoms. The monoisotopic (exact) mass is 221 g/mol. The molecule has 0 radical (unpaired) electrons. The summed E-state index contributed by atoms with van der Waals surface area (Å²) in [4.78, 5) is 4.75. The van der Waals surface area contributed by atoms with E-state index in [1.54, 1.807) is 0 Å². The summed E-state index contributed by atoms with van der Waals surface area (Å²) in [5, 5.41) is 8.59. The lowest BCUT2D eigenvalue weighted by atomic mass is 10.2. The Balaban J connectivity index is 2.00. The van der Waals surface area contributed by atoms with E-state index < -0.39 is 0 Å².